The monoisotopic (exact) mass is 208 g/mol. The molecule has 0 saturated carbocycles. The largest absolute Gasteiger partial charge is 0.296 e. The average Bonchev–Trinajstić information content (AvgIpc) is 1.92. The second-order valence-electron chi connectivity index (χ2n) is 1.34. The van der Waals surface area contributed by atoms with Crippen molar-refractivity contribution in [2.45, 2.75) is 10.3 Å². The van der Waals surface area contributed by atoms with Gasteiger partial charge in [0.05, 0.1) is 36.4 Å². The van der Waals surface area contributed by atoms with E-state index < -0.39 is 45.6 Å². The maximum atomic E-state index is 11.7. The number of Topliss-reactive ketones (excluding diaryl/α,β-unsaturated/α-hetero) is 1. The Morgan fingerprint density at radius 2 is 1.50 bits per heavy atom. The molecule has 0 aliphatic heterocycles. The van der Waals surface area contributed by atoms with Crippen LogP contribution in [0.25, 0.3) is 0 Å². The van der Waals surface area contributed by atoms with Gasteiger partial charge in [-0.2, -0.15) is 11.7 Å². The van der Waals surface area contributed by atoms with Gasteiger partial charge in [-0.3, -0.25) is 4.79 Å². The molecule has 0 aromatic carbocycles. The second kappa shape index (κ2) is 4.40. The molecule has 0 unspecified atom stereocenters. The zero-order valence-electron chi connectivity index (χ0n) is 4.77. The Labute approximate surface area is 69.4 Å². The highest BCUT2D eigenvalue weighted by molar-refractivity contribution is 8.30. The van der Waals surface area contributed by atoms with Crippen LogP contribution in [0, 0.1) is 0 Å². The van der Waals surface area contributed by atoms with Crippen molar-refractivity contribution in [3.05, 3.63) is 0 Å². The van der Waals surface area contributed by atoms with Crippen molar-refractivity contribution in [3.63, 3.8) is 0 Å². The molecule has 0 fully saturated rings. The van der Waals surface area contributed by atoms with E-state index in [9.17, 15) is 16.5 Å². The molecule has 0 rings (SSSR count). The number of halogens is 3. The molecular weight excluding hydrogens is 205 g/mol. The highest BCUT2D eigenvalue weighted by Gasteiger charge is 2.42. The Bertz CT molecular complexity index is 118. The fourth-order valence-electron chi connectivity index (χ4n) is 0.199. The van der Waals surface area contributed by atoms with Crippen molar-refractivity contribution in [1.29, 1.82) is 0 Å². The fourth-order valence-corrected chi connectivity index (χ4v) is 0.810. The molecule has 0 amide bonds. The minimum atomic E-state index is -2.26. The van der Waals surface area contributed by atoms with Crippen LogP contribution in [-0.4, -0.2) is 9.19 Å². The maximum Gasteiger partial charge on any atom is 0.256 e. The minimum Gasteiger partial charge on any atom is -0.296 e. The zero-order chi connectivity index (χ0) is 8.20. The molecule has 0 saturated heterocycles. The molecule has 7 heteroatoms. The van der Waals surface area contributed by atoms with Crippen LogP contribution in [0.5, 0.6) is 0 Å². The summed E-state index contributed by atoms with van der Waals surface area (Å²) >= 11 is -1.94. The summed E-state index contributed by atoms with van der Waals surface area (Å²) in [5, 5.41) is 0. The fraction of sp³-hybridized carbons (Fsp3) is 0.667. The summed E-state index contributed by atoms with van der Waals surface area (Å²) in [4.78, 5) is 10.4. The Morgan fingerprint density at radius 3 is 1.50 bits per heavy atom. The molecule has 0 spiro atoms. The first kappa shape index (κ1) is 10.5. The first-order valence-corrected chi connectivity index (χ1v) is 4.18. The summed E-state index contributed by atoms with van der Waals surface area (Å²) < 4.78 is 33.0. The summed E-state index contributed by atoms with van der Waals surface area (Å²) in [6, 6.07) is 0. The Kier molecular flexibility index (Phi) is 4.63. The molecule has 0 N–H and O–H groups in total. The lowest BCUT2D eigenvalue weighted by atomic mass is 10.5. The van der Waals surface area contributed by atoms with Crippen molar-refractivity contribution < 1.29 is 16.5 Å². The van der Waals surface area contributed by atoms with Crippen LogP contribution in [0.3, 0.4) is 0 Å². The predicted octanol–water partition coefficient (Wildman–Crippen LogP) is 3.08. The summed E-state index contributed by atoms with van der Waals surface area (Å²) in [5.41, 5.74) is 0. The van der Waals surface area contributed by atoms with Gasteiger partial charge in [0.2, 0.25) is 0 Å². The number of carbonyl (C=O) groups excluding carboxylic acids is 1. The van der Waals surface area contributed by atoms with Crippen molar-refractivity contribution in [2.24, 2.45) is 0 Å². The highest BCUT2D eigenvalue weighted by Crippen LogP contribution is 2.49. The standard InChI is InChI=1S/C3H3F3OS3/c1-2(7)3(8-4,9-5)10-6/h1H3. The number of carbonyl (C=O) groups is 1. The second-order valence-corrected chi connectivity index (χ2v) is 4.42. The van der Waals surface area contributed by atoms with Crippen LogP contribution in [-0.2, 0) is 4.79 Å². The summed E-state index contributed by atoms with van der Waals surface area (Å²) in [7, 11) is 0. The lowest BCUT2D eigenvalue weighted by Gasteiger charge is -2.13. The van der Waals surface area contributed by atoms with E-state index in [1.54, 1.807) is 0 Å². The van der Waals surface area contributed by atoms with E-state index >= 15 is 0 Å². The molecule has 0 aromatic heterocycles. The first-order valence-electron chi connectivity index (χ1n) is 2.03. The van der Waals surface area contributed by atoms with Gasteiger partial charge in [-0.15, -0.1) is 0 Å². The molecule has 0 aromatic rings. The minimum absolute atomic E-state index is 0.648. The number of rotatable bonds is 4. The van der Waals surface area contributed by atoms with Crippen LogP contribution in [0.2, 0.25) is 0 Å². The third-order valence-corrected chi connectivity index (χ3v) is 3.34. The predicted molar refractivity (Wildman–Crippen MR) is 39.5 cm³/mol. The number of hydrogen-bond acceptors (Lipinski definition) is 4. The van der Waals surface area contributed by atoms with Gasteiger partial charge >= 0.3 is 0 Å². The van der Waals surface area contributed by atoms with Gasteiger partial charge in [-0.05, 0) is 6.92 Å². The normalized spacial score (nSPS) is 11.6. The zero-order valence-corrected chi connectivity index (χ0v) is 7.22. The van der Waals surface area contributed by atoms with Crippen LogP contribution < -0.4 is 0 Å². The molecule has 0 atom stereocenters. The highest BCUT2D eigenvalue weighted by atomic mass is 32.3. The molecule has 60 valence electrons. The molecule has 0 aliphatic rings. The Morgan fingerprint density at radius 1 is 1.20 bits per heavy atom. The van der Waals surface area contributed by atoms with E-state index in [1.165, 1.54) is 0 Å². The maximum absolute atomic E-state index is 11.7. The molecule has 10 heavy (non-hydrogen) atoms. The Balaban J connectivity index is 4.31. The van der Waals surface area contributed by atoms with Gasteiger partial charge in [0, 0.05) is 0 Å². The van der Waals surface area contributed by atoms with Crippen molar-refractivity contribution in [2.75, 3.05) is 0 Å². The number of ketones is 1. The smallest absolute Gasteiger partial charge is 0.256 e. The van der Waals surface area contributed by atoms with Crippen LogP contribution in [0.15, 0.2) is 0 Å². The van der Waals surface area contributed by atoms with E-state index in [0.717, 1.165) is 6.92 Å². The quantitative estimate of drug-likeness (QED) is 0.660. The average molecular weight is 208 g/mol. The van der Waals surface area contributed by atoms with E-state index in [1.807, 2.05) is 0 Å². The van der Waals surface area contributed by atoms with Gasteiger partial charge < -0.3 is 0 Å². The van der Waals surface area contributed by atoms with Gasteiger partial charge in [-0.25, -0.2) is 0 Å². The topological polar surface area (TPSA) is 17.1 Å². The summed E-state index contributed by atoms with van der Waals surface area (Å²) in [5.74, 6) is -0.889. The molecule has 0 aliphatic carbocycles. The SMILES string of the molecule is CC(=O)C(SF)(SF)SF. The first-order chi connectivity index (χ1) is 4.63. The molecule has 0 bridgehead atoms. The Hall–Kier alpha value is 0.510. The van der Waals surface area contributed by atoms with Gasteiger partial charge in [0.1, 0.15) is 0 Å². The van der Waals surface area contributed by atoms with Gasteiger partial charge in [-0.1, -0.05) is 0 Å². The summed E-state index contributed by atoms with van der Waals surface area (Å²) in [6.45, 7) is 0.922. The summed E-state index contributed by atoms with van der Waals surface area (Å²) in [6.07, 6.45) is 0. The van der Waals surface area contributed by atoms with Gasteiger partial charge in [0.25, 0.3) is 3.41 Å². The van der Waals surface area contributed by atoms with Crippen LogP contribution in [0.4, 0.5) is 11.7 Å². The van der Waals surface area contributed by atoms with E-state index in [4.69, 9.17) is 0 Å². The third-order valence-electron chi connectivity index (χ3n) is 0.736. The van der Waals surface area contributed by atoms with E-state index in [2.05, 4.69) is 0 Å². The lowest BCUT2D eigenvalue weighted by molar-refractivity contribution is -0.115. The van der Waals surface area contributed by atoms with Gasteiger partial charge in [0.15, 0.2) is 5.78 Å². The van der Waals surface area contributed by atoms with Crippen LogP contribution >= 0.6 is 36.4 Å². The third kappa shape index (κ3) is 2.00. The molecule has 0 heterocycles. The van der Waals surface area contributed by atoms with E-state index in [0.29, 0.717) is 0 Å². The molecular formula is C3H3F3OS3. The van der Waals surface area contributed by atoms with E-state index in [-0.39, 0.29) is 0 Å². The van der Waals surface area contributed by atoms with Crippen molar-refractivity contribution >= 4 is 42.2 Å². The molecule has 0 radical (unpaired) electrons. The van der Waals surface area contributed by atoms with Crippen molar-refractivity contribution in [1.82, 2.24) is 0 Å². The van der Waals surface area contributed by atoms with Crippen LogP contribution in [0.1, 0.15) is 6.92 Å². The van der Waals surface area contributed by atoms with Crippen molar-refractivity contribution in [3.8, 4) is 0 Å². The lowest BCUT2D eigenvalue weighted by Crippen LogP contribution is -2.21. The number of hydrogen-bond donors (Lipinski definition) is 0. The molecule has 1 nitrogen and oxygen atoms in total.